The van der Waals surface area contributed by atoms with E-state index >= 15 is 0 Å². The molecule has 0 aromatic carbocycles. The molecule has 12 nitrogen and oxygen atoms in total. The number of carbonyl (C=O) groups excluding carboxylic acids is 2. The molecule has 0 radical (unpaired) electrons. The van der Waals surface area contributed by atoms with Crippen molar-refractivity contribution in [2.24, 2.45) is 0 Å². The van der Waals surface area contributed by atoms with Crippen molar-refractivity contribution in [3.8, 4) is 0 Å². The van der Waals surface area contributed by atoms with E-state index in [0.717, 1.165) is 0 Å². The van der Waals surface area contributed by atoms with E-state index in [1.54, 1.807) is 10.6 Å². The highest BCUT2D eigenvalue weighted by Gasteiger charge is 2.28. The van der Waals surface area contributed by atoms with E-state index < -0.39 is 73.5 Å². The quantitative estimate of drug-likeness (QED) is 0.236. The standard InChI is InChI=1S/C12H16N2O10/c15-7(16)3-1-5(11(21)22)13-9(19)10(20)14-6(12(23)24)2-4-8(17)18/h5-6H,1-4H2,(H,13,19)(H,14,20)(H,15,16)(H,17,18)(H,21,22)(H,23,24)/t5-,6?/m0/s1. The van der Waals surface area contributed by atoms with Gasteiger partial charge in [-0.05, 0) is 12.8 Å². The fourth-order valence-electron chi connectivity index (χ4n) is 1.50. The molecular formula is C12H16N2O10. The molecule has 134 valence electrons. The van der Waals surface area contributed by atoms with Crippen molar-refractivity contribution in [2.45, 2.75) is 37.8 Å². The van der Waals surface area contributed by atoms with Gasteiger partial charge in [-0.2, -0.15) is 0 Å². The zero-order valence-electron chi connectivity index (χ0n) is 12.2. The summed E-state index contributed by atoms with van der Waals surface area (Å²) in [6.07, 6.45) is -2.11. The zero-order valence-corrected chi connectivity index (χ0v) is 12.2. The lowest BCUT2D eigenvalue weighted by atomic mass is 10.1. The third kappa shape index (κ3) is 8.31. The molecule has 0 aliphatic heterocycles. The maximum Gasteiger partial charge on any atom is 0.326 e. The Hall–Kier alpha value is -3.18. The van der Waals surface area contributed by atoms with Crippen LogP contribution in [0.3, 0.4) is 0 Å². The summed E-state index contributed by atoms with van der Waals surface area (Å²) in [5.41, 5.74) is 0. The molecule has 2 atom stereocenters. The van der Waals surface area contributed by atoms with Crippen LogP contribution >= 0.6 is 0 Å². The van der Waals surface area contributed by atoms with Gasteiger partial charge in [-0.15, -0.1) is 0 Å². The van der Waals surface area contributed by atoms with Gasteiger partial charge < -0.3 is 31.1 Å². The van der Waals surface area contributed by atoms with Gasteiger partial charge in [0.15, 0.2) is 0 Å². The van der Waals surface area contributed by atoms with Gasteiger partial charge in [0.1, 0.15) is 12.1 Å². The first kappa shape index (κ1) is 20.8. The van der Waals surface area contributed by atoms with Crippen molar-refractivity contribution in [1.82, 2.24) is 10.6 Å². The molecule has 0 aromatic heterocycles. The zero-order chi connectivity index (χ0) is 18.9. The van der Waals surface area contributed by atoms with Gasteiger partial charge in [0, 0.05) is 12.8 Å². The van der Waals surface area contributed by atoms with Crippen LogP contribution in [0.4, 0.5) is 0 Å². The second-order valence-corrected chi connectivity index (χ2v) is 4.59. The summed E-state index contributed by atoms with van der Waals surface area (Å²) in [7, 11) is 0. The van der Waals surface area contributed by atoms with Gasteiger partial charge in [-0.25, -0.2) is 9.59 Å². The van der Waals surface area contributed by atoms with Gasteiger partial charge in [-0.3, -0.25) is 19.2 Å². The highest BCUT2D eigenvalue weighted by molar-refractivity contribution is 6.35. The highest BCUT2D eigenvalue weighted by atomic mass is 16.4. The van der Waals surface area contributed by atoms with Gasteiger partial charge >= 0.3 is 35.7 Å². The molecule has 0 aliphatic carbocycles. The van der Waals surface area contributed by atoms with E-state index in [2.05, 4.69) is 0 Å². The van der Waals surface area contributed by atoms with Crippen LogP contribution in [0, 0.1) is 0 Å². The molecule has 12 heteroatoms. The lowest BCUT2D eigenvalue weighted by Crippen LogP contribution is -2.51. The second kappa shape index (κ2) is 9.76. The smallest absolute Gasteiger partial charge is 0.326 e. The molecule has 6 N–H and O–H groups in total. The molecule has 0 aromatic rings. The van der Waals surface area contributed by atoms with Crippen LogP contribution in [-0.4, -0.2) is 68.2 Å². The predicted octanol–water partition coefficient (Wildman–Crippen LogP) is -2.15. The summed E-state index contributed by atoms with van der Waals surface area (Å²) in [6, 6.07) is -3.30. The van der Waals surface area contributed by atoms with Crippen LogP contribution in [0.2, 0.25) is 0 Å². The number of hydrogen-bond acceptors (Lipinski definition) is 6. The molecule has 2 amide bonds. The lowest BCUT2D eigenvalue weighted by molar-refractivity contribution is -0.148. The Labute approximate surface area is 134 Å². The van der Waals surface area contributed by atoms with Crippen LogP contribution in [0.5, 0.6) is 0 Å². The van der Waals surface area contributed by atoms with E-state index in [-0.39, 0.29) is 0 Å². The van der Waals surface area contributed by atoms with E-state index in [9.17, 15) is 28.8 Å². The first-order valence-corrected chi connectivity index (χ1v) is 6.55. The Kier molecular flexibility index (Phi) is 8.47. The summed E-state index contributed by atoms with van der Waals surface area (Å²) in [4.78, 5) is 65.7. The van der Waals surface area contributed by atoms with Crippen LogP contribution in [-0.2, 0) is 28.8 Å². The molecule has 0 spiro atoms. The minimum absolute atomic E-state index is 0.481. The molecule has 0 bridgehead atoms. The van der Waals surface area contributed by atoms with Crippen LogP contribution in [0.25, 0.3) is 0 Å². The minimum Gasteiger partial charge on any atom is -0.481 e. The number of carboxylic acids is 4. The van der Waals surface area contributed by atoms with Crippen molar-refractivity contribution >= 4 is 35.7 Å². The van der Waals surface area contributed by atoms with Crippen LogP contribution in [0.15, 0.2) is 0 Å². The first-order valence-electron chi connectivity index (χ1n) is 6.55. The number of aliphatic carboxylic acids is 4. The summed E-state index contributed by atoms with van der Waals surface area (Å²) < 4.78 is 0. The number of amides is 2. The van der Waals surface area contributed by atoms with E-state index in [1.807, 2.05) is 0 Å². The fraction of sp³-hybridized carbons (Fsp3) is 0.500. The number of rotatable bonds is 10. The summed E-state index contributed by atoms with van der Waals surface area (Å²) >= 11 is 0. The van der Waals surface area contributed by atoms with Crippen LogP contribution < -0.4 is 10.6 Å². The van der Waals surface area contributed by atoms with E-state index in [1.165, 1.54) is 0 Å². The van der Waals surface area contributed by atoms with E-state index in [0.29, 0.717) is 0 Å². The maximum absolute atomic E-state index is 11.6. The van der Waals surface area contributed by atoms with Gasteiger partial charge in [0.05, 0.1) is 0 Å². The Morgan fingerprint density at radius 2 is 0.917 bits per heavy atom. The SMILES string of the molecule is O=C(O)CCC(NC(=O)C(=O)N[C@@H](CCC(=O)O)C(=O)O)C(=O)O. The Morgan fingerprint density at radius 3 is 1.12 bits per heavy atom. The maximum atomic E-state index is 11.6. The van der Waals surface area contributed by atoms with Crippen molar-refractivity contribution in [1.29, 1.82) is 0 Å². The molecule has 0 aliphatic rings. The molecule has 1 unspecified atom stereocenters. The normalized spacial score (nSPS) is 12.5. The largest absolute Gasteiger partial charge is 0.481 e. The number of hydrogen-bond donors (Lipinski definition) is 6. The van der Waals surface area contributed by atoms with Gasteiger partial charge in [-0.1, -0.05) is 0 Å². The third-order valence-electron chi connectivity index (χ3n) is 2.71. The Bertz CT molecular complexity index is 496. The topological polar surface area (TPSA) is 207 Å². The van der Waals surface area contributed by atoms with Crippen molar-refractivity contribution < 1.29 is 49.2 Å². The molecule has 0 heterocycles. The first-order chi connectivity index (χ1) is 11.0. The van der Waals surface area contributed by atoms with Crippen molar-refractivity contribution in [3.63, 3.8) is 0 Å². The van der Waals surface area contributed by atoms with Gasteiger partial charge in [0.2, 0.25) is 0 Å². The fourth-order valence-corrected chi connectivity index (χ4v) is 1.50. The summed E-state index contributed by atoms with van der Waals surface area (Å²) in [5.74, 6) is -8.71. The Morgan fingerprint density at radius 1 is 0.625 bits per heavy atom. The monoisotopic (exact) mass is 348 g/mol. The molecule has 0 rings (SSSR count). The molecule has 24 heavy (non-hydrogen) atoms. The van der Waals surface area contributed by atoms with Crippen molar-refractivity contribution in [2.75, 3.05) is 0 Å². The molecule has 0 saturated carbocycles. The summed E-state index contributed by atoms with van der Waals surface area (Å²) in [6.45, 7) is 0. The average Bonchev–Trinajstić information content (AvgIpc) is 2.45. The molecule has 0 saturated heterocycles. The number of carbonyl (C=O) groups is 6. The predicted molar refractivity (Wildman–Crippen MR) is 72.9 cm³/mol. The lowest BCUT2D eigenvalue weighted by Gasteiger charge is -2.16. The minimum atomic E-state index is -1.65. The van der Waals surface area contributed by atoms with Gasteiger partial charge in [0.25, 0.3) is 0 Å². The third-order valence-corrected chi connectivity index (χ3v) is 2.71. The van der Waals surface area contributed by atoms with E-state index in [4.69, 9.17) is 20.4 Å². The van der Waals surface area contributed by atoms with Crippen LogP contribution in [0.1, 0.15) is 25.7 Å². The second-order valence-electron chi connectivity index (χ2n) is 4.59. The number of nitrogens with one attached hydrogen (secondary N) is 2. The Balaban J connectivity index is 4.72. The van der Waals surface area contributed by atoms with Crippen molar-refractivity contribution in [3.05, 3.63) is 0 Å². The highest BCUT2D eigenvalue weighted by Crippen LogP contribution is 2.00. The average molecular weight is 348 g/mol. The number of carboxylic acid groups (broad SMARTS) is 4. The summed E-state index contributed by atoms with van der Waals surface area (Å²) in [5, 5.41) is 38.1. The molecule has 0 fully saturated rings. The molecular weight excluding hydrogens is 332 g/mol.